The van der Waals surface area contributed by atoms with E-state index in [1.54, 1.807) is 11.8 Å². The van der Waals surface area contributed by atoms with Gasteiger partial charge in [-0.2, -0.15) is 11.8 Å². The molecule has 1 amide bonds. The van der Waals surface area contributed by atoms with E-state index in [1.165, 1.54) is 23.0 Å². The summed E-state index contributed by atoms with van der Waals surface area (Å²) >= 11 is 3.09. The molecule has 1 aromatic heterocycles. The number of benzene rings is 2. The van der Waals surface area contributed by atoms with Crippen LogP contribution >= 0.6 is 23.5 Å². The van der Waals surface area contributed by atoms with Crippen molar-refractivity contribution in [1.29, 1.82) is 0 Å². The first-order chi connectivity index (χ1) is 15.7. The maximum Gasteiger partial charge on any atom is 0.234 e. The molecular formula is C24H26N4O2S2. The fraction of sp³-hybridized carbons (Fsp3) is 0.292. The molecule has 0 spiro atoms. The van der Waals surface area contributed by atoms with E-state index in [2.05, 4.69) is 39.5 Å². The van der Waals surface area contributed by atoms with Crippen LogP contribution in [0.25, 0.3) is 0 Å². The molecule has 1 N–H and O–H groups in total. The van der Waals surface area contributed by atoms with E-state index in [0.717, 1.165) is 47.7 Å². The van der Waals surface area contributed by atoms with E-state index in [9.17, 15) is 4.79 Å². The topological polar surface area (TPSA) is 67.4 Å². The number of nitrogens with one attached hydrogen (secondary N) is 1. The molecule has 6 nitrogen and oxygen atoms in total. The molecule has 4 rings (SSSR count). The van der Waals surface area contributed by atoms with Crippen LogP contribution in [-0.2, 0) is 16.0 Å². The molecule has 1 saturated heterocycles. The minimum Gasteiger partial charge on any atom is -0.378 e. The fourth-order valence-electron chi connectivity index (χ4n) is 3.41. The molecule has 0 aliphatic carbocycles. The van der Waals surface area contributed by atoms with Gasteiger partial charge in [0, 0.05) is 42.0 Å². The van der Waals surface area contributed by atoms with Gasteiger partial charge >= 0.3 is 0 Å². The van der Waals surface area contributed by atoms with Crippen molar-refractivity contribution < 1.29 is 9.53 Å². The molecule has 0 radical (unpaired) electrons. The fourth-order valence-corrected chi connectivity index (χ4v) is 4.53. The van der Waals surface area contributed by atoms with Gasteiger partial charge < -0.3 is 15.0 Å². The van der Waals surface area contributed by atoms with Gasteiger partial charge in [-0.15, -0.1) is 0 Å². The van der Waals surface area contributed by atoms with Crippen LogP contribution in [0.3, 0.4) is 0 Å². The van der Waals surface area contributed by atoms with Gasteiger partial charge in [0.05, 0.1) is 19.0 Å². The van der Waals surface area contributed by atoms with Crippen LogP contribution in [0.4, 0.5) is 11.4 Å². The highest BCUT2D eigenvalue weighted by molar-refractivity contribution is 7.99. The zero-order chi connectivity index (χ0) is 22.2. The molecule has 2 aromatic carbocycles. The van der Waals surface area contributed by atoms with E-state index in [-0.39, 0.29) is 5.91 Å². The molecule has 1 aliphatic rings. The van der Waals surface area contributed by atoms with Gasteiger partial charge in [-0.3, -0.25) is 4.79 Å². The number of ether oxygens (including phenoxy) is 1. The third kappa shape index (κ3) is 6.48. The van der Waals surface area contributed by atoms with Crippen LogP contribution in [0.2, 0.25) is 0 Å². The molecule has 166 valence electrons. The number of rotatable bonds is 8. The second-order valence-electron chi connectivity index (χ2n) is 7.36. The summed E-state index contributed by atoms with van der Waals surface area (Å²) in [6.45, 7) is 3.45. The summed E-state index contributed by atoms with van der Waals surface area (Å²) in [5.41, 5.74) is 3.22. The number of carbonyl (C=O) groups excluding carboxylic acids is 1. The summed E-state index contributed by atoms with van der Waals surface area (Å²) in [4.78, 5) is 24.3. The van der Waals surface area contributed by atoms with Gasteiger partial charge in [0.25, 0.3) is 0 Å². The molecular weight excluding hydrogens is 440 g/mol. The zero-order valence-corrected chi connectivity index (χ0v) is 19.6. The molecule has 8 heteroatoms. The molecule has 1 fully saturated rings. The van der Waals surface area contributed by atoms with E-state index in [1.807, 2.05) is 42.8 Å². The van der Waals surface area contributed by atoms with Crippen LogP contribution in [-0.4, -0.2) is 54.2 Å². The number of aromatic nitrogens is 2. The van der Waals surface area contributed by atoms with Gasteiger partial charge in [0.2, 0.25) is 5.91 Å². The second-order valence-corrected chi connectivity index (χ2v) is 9.32. The third-order valence-electron chi connectivity index (χ3n) is 4.99. The molecule has 0 bridgehead atoms. The van der Waals surface area contributed by atoms with Gasteiger partial charge in [0.1, 0.15) is 10.9 Å². The lowest BCUT2D eigenvalue weighted by atomic mass is 10.1. The normalized spacial score (nSPS) is 13.7. The molecule has 0 saturated carbocycles. The molecule has 0 unspecified atom stereocenters. The third-order valence-corrected chi connectivity index (χ3v) is 6.49. The summed E-state index contributed by atoms with van der Waals surface area (Å²) in [5, 5.41) is 3.79. The first-order valence-electron chi connectivity index (χ1n) is 10.5. The largest absolute Gasteiger partial charge is 0.378 e. The summed E-state index contributed by atoms with van der Waals surface area (Å²) in [6.07, 6.45) is 4.41. The van der Waals surface area contributed by atoms with Crippen LogP contribution in [0, 0.1) is 0 Å². The highest BCUT2D eigenvalue weighted by Gasteiger charge is 2.11. The van der Waals surface area contributed by atoms with E-state index in [4.69, 9.17) is 9.72 Å². The van der Waals surface area contributed by atoms with Crippen molar-refractivity contribution in [1.82, 2.24) is 9.97 Å². The summed E-state index contributed by atoms with van der Waals surface area (Å²) in [5.74, 6) is 1.27. The van der Waals surface area contributed by atoms with Crippen molar-refractivity contribution in [3.05, 3.63) is 72.2 Å². The van der Waals surface area contributed by atoms with Crippen molar-refractivity contribution in [3.8, 4) is 0 Å². The minimum atomic E-state index is 0.0105. The number of carbonyl (C=O) groups is 1. The van der Waals surface area contributed by atoms with E-state index < -0.39 is 0 Å². The van der Waals surface area contributed by atoms with Crippen molar-refractivity contribution in [2.75, 3.05) is 48.5 Å². The highest BCUT2D eigenvalue weighted by atomic mass is 32.2. The molecule has 2 heterocycles. The maximum absolute atomic E-state index is 11.7. The lowest BCUT2D eigenvalue weighted by Gasteiger charge is -2.28. The minimum absolute atomic E-state index is 0.0105. The first-order valence-corrected chi connectivity index (χ1v) is 12.7. The number of hydrogen-bond donors (Lipinski definition) is 1. The quantitative estimate of drug-likeness (QED) is 0.495. The monoisotopic (exact) mass is 466 g/mol. The van der Waals surface area contributed by atoms with Crippen LogP contribution in [0.5, 0.6) is 0 Å². The Labute approximate surface area is 197 Å². The maximum atomic E-state index is 11.7. The van der Waals surface area contributed by atoms with Crippen molar-refractivity contribution in [2.45, 2.75) is 16.3 Å². The second kappa shape index (κ2) is 11.4. The zero-order valence-electron chi connectivity index (χ0n) is 18.0. The van der Waals surface area contributed by atoms with E-state index >= 15 is 0 Å². The summed E-state index contributed by atoms with van der Waals surface area (Å²) in [7, 11) is 0. The first kappa shape index (κ1) is 22.6. The van der Waals surface area contributed by atoms with Crippen molar-refractivity contribution >= 4 is 40.8 Å². The highest BCUT2D eigenvalue weighted by Crippen LogP contribution is 2.27. The van der Waals surface area contributed by atoms with Gasteiger partial charge in [-0.05, 0) is 54.3 Å². The predicted octanol–water partition coefficient (Wildman–Crippen LogP) is 4.36. The SMILES string of the molecule is CSCC(=O)Nc1ccc(Sc2ccnc(Cc3ccc(N4CCOCC4)cc3)n2)cc1. The number of amides is 1. The Bertz CT molecular complexity index is 1020. The van der Waals surface area contributed by atoms with Gasteiger partial charge in [-0.1, -0.05) is 23.9 Å². The summed E-state index contributed by atoms with van der Waals surface area (Å²) < 4.78 is 5.43. The van der Waals surface area contributed by atoms with Crippen LogP contribution < -0.4 is 10.2 Å². The van der Waals surface area contributed by atoms with Crippen LogP contribution in [0.15, 0.2) is 70.7 Å². The molecule has 1 aliphatic heterocycles. The Hall–Kier alpha value is -2.55. The Kier molecular flexibility index (Phi) is 8.03. The Balaban J connectivity index is 1.35. The van der Waals surface area contributed by atoms with Gasteiger partial charge in [0.15, 0.2) is 0 Å². The van der Waals surface area contributed by atoms with E-state index in [0.29, 0.717) is 12.2 Å². The number of morpholine rings is 1. The van der Waals surface area contributed by atoms with Gasteiger partial charge in [-0.25, -0.2) is 9.97 Å². The molecule has 3 aromatic rings. The summed E-state index contributed by atoms with van der Waals surface area (Å²) in [6, 6.07) is 18.4. The van der Waals surface area contributed by atoms with Crippen molar-refractivity contribution in [2.24, 2.45) is 0 Å². The standard InChI is InChI=1S/C24H26N4O2S2/c1-31-17-23(29)26-19-4-8-21(9-5-19)32-24-10-11-25-22(27-24)16-18-2-6-20(7-3-18)28-12-14-30-15-13-28/h2-11H,12-17H2,1H3,(H,26,29). The van der Waals surface area contributed by atoms with Crippen molar-refractivity contribution in [3.63, 3.8) is 0 Å². The molecule has 32 heavy (non-hydrogen) atoms. The number of thioether (sulfide) groups is 1. The Morgan fingerprint density at radius 3 is 2.53 bits per heavy atom. The predicted molar refractivity (Wildman–Crippen MR) is 132 cm³/mol. The average molecular weight is 467 g/mol. The lowest BCUT2D eigenvalue weighted by molar-refractivity contribution is -0.113. The smallest absolute Gasteiger partial charge is 0.234 e. The number of hydrogen-bond acceptors (Lipinski definition) is 7. The number of nitrogens with zero attached hydrogens (tertiary/aromatic N) is 3. The number of anilines is 2. The molecule has 0 atom stereocenters. The van der Waals surface area contributed by atoms with Crippen LogP contribution in [0.1, 0.15) is 11.4 Å². The Morgan fingerprint density at radius 1 is 1.06 bits per heavy atom. The Morgan fingerprint density at radius 2 is 1.81 bits per heavy atom. The average Bonchev–Trinajstić information content (AvgIpc) is 2.82. The lowest BCUT2D eigenvalue weighted by Crippen LogP contribution is -2.36.